The number of aromatic nitrogens is 4. The number of nitrogens with two attached hydrogens (primary N) is 1. The van der Waals surface area contributed by atoms with Gasteiger partial charge in [0.2, 0.25) is 5.13 Å². The van der Waals surface area contributed by atoms with Crippen LogP contribution in [0.2, 0.25) is 0 Å². The molecule has 2 aromatic heterocycles. The SMILES string of the molecule is COc1ccc(C[C@H](N)CNc2nnc(-c3ccc4[nH]nc(C)c4c3)s2)cc1OC.Cl. The number of halogens is 1. The monoisotopic (exact) mass is 460 g/mol. The molecule has 0 unspecified atom stereocenters. The maximum Gasteiger partial charge on any atom is 0.206 e. The summed E-state index contributed by atoms with van der Waals surface area (Å²) >= 11 is 1.51. The van der Waals surface area contributed by atoms with Crippen LogP contribution in [0.1, 0.15) is 11.3 Å². The molecule has 0 saturated heterocycles. The van der Waals surface area contributed by atoms with Crippen LogP contribution in [0.3, 0.4) is 0 Å². The van der Waals surface area contributed by atoms with Crippen molar-refractivity contribution in [3.05, 3.63) is 47.7 Å². The minimum Gasteiger partial charge on any atom is -0.493 e. The molecule has 31 heavy (non-hydrogen) atoms. The molecule has 10 heteroatoms. The van der Waals surface area contributed by atoms with Gasteiger partial charge in [-0.1, -0.05) is 17.4 Å². The van der Waals surface area contributed by atoms with Crippen LogP contribution in [0.25, 0.3) is 21.5 Å². The molecule has 4 aromatic rings. The maximum atomic E-state index is 6.31. The number of benzene rings is 2. The number of anilines is 1. The van der Waals surface area contributed by atoms with Gasteiger partial charge in [-0.3, -0.25) is 5.10 Å². The predicted octanol–water partition coefficient (Wildman–Crippen LogP) is 3.81. The summed E-state index contributed by atoms with van der Waals surface area (Å²) in [5.41, 5.74) is 10.4. The molecule has 164 valence electrons. The lowest BCUT2D eigenvalue weighted by molar-refractivity contribution is 0.354. The number of ether oxygens (including phenoxy) is 2. The number of methoxy groups -OCH3 is 2. The summed E-state index contributed by atoms with van der Waals surface area (Å²) in [7, 11) is 3.25. The van der Waals surface area contributed by atoms with Crippen LogP contribution >= 0.6 is 23.7 Å². The van der Waals surface area contributed by atoms with Gasteiger partial charge in [0.25, 0.3) is 0 Å². The van der Waals surface area contributed by atoms with E-state index in [4.69, 9.17) is 15.2 Å². The second kappa shape index (κ2) is 9.95. The highest BCUT2D eigenvalue weighted by Crippen LogP contribution is 2.30. The maximum absolute atomic E-state index is 6.31. The molecule has 0 bridgehead atoms. The summed E-state index contributed by atoms with van der Waals surface area (Å²) < 4.78 is 10.6. The number of fused-ring (bicyclic) bond motifs is 1. The van der Waals surface area contributed by atoms with E-state index in [1.54, 1.807) is 14.2 Å². The molecule has 8 nitrogen and oxygen atoms in total. The van der Waals surface area contributed by atoms with Crippen molar-refractivity contribution in [3.63, 3.8) is 0 Å². The van der Waals surface area contributed by atoms with Crippen molar-refractivity contribution in [2.45, 2.75) is 19.4 Å². The zero-order valence-electron chi connectivity index (χ0n) is 17.5. The third-order valence-electron chi connectivity index (χ3n) is 4.89. The largest absolute Gasteiger partial charge is 0.493 e. The molecule has 0 aliphatic heterocycles. The number of rotatable bonds is 8. The van der Waals surface area contributed by atoms with Crippen molar-refractivity contribution in [2.24, 2.45) is 5.73 Å². The number of nitrogens with one attached hydrogen (secondary N) is 2. The van der Waals surface area contributed by atoms with Gasteiger partial charge >= 0.3 is 0 Å². The van der Waals surface area contributed by atoms with Gasteiger partial charge in [-0.2, -0.15) is 5.10 Å². The molecular formula is C21H25ClN6O2S. The van der Waals surface area contributed by atoms with E-state index in [2.05, 4.69) is 31.8 Å². The summed E-state index contributed by atoms with van der Waals surface area (Å²) in [5.74, 6) is 1.41. The molecule has 0 aliphatic rings. The standard InChI is InChI=1S/C21H24N6O2S.ClH/c1-12-16-10-14(5-6-17(16)25-24-12)20-26-27-21(30-20)23-11-15(22)8-13-4-7-18(28-2)19(9-13)29-3;/h4-7,9-10,15H,8,11,22H2,1-3H3,(H,23,27)(H,24,25);1H/t15-;/m0./s1. The van der Waals surface area contributed by atoms with E-state index in [0.717, 1.165) is 37.9 Å². The molecule has 2 aromatic carbocycles. The van der Waals surface area contributed by atoms with Crippen molar-refractivity contribution in [1.29, 1.82) is 0 Å². The van der Waals surface area contributed by atoms with Crippen LogP contribution in [0.5, 0.6) is 11.5 Å². The van der Waals surface area contributed by atoms with Gasteiger partial charge in [-0.05, 0) is 49.2 Å². The number of aromatic amines is 1. The average Bonchev–Trinajstić information content (AvgIpc) is 3.39. The van der Waals surface area contributed by atoms with Gasteiger partial charge in [0.1, 0.15) is 5.01 Å². The summed E-state index contributed by atoms with van der Waals surface area (Å²) in [5, 5.41) is 21.8. The van der Waals surface area contributed by atoms with Crippen molar-refractivity contribution in [2.75, 3.05) is 26.1 Å². The molecule has 0 fully saturated rings. The van der Waals surface area contributed by atoms with E-state index < -0.39 is 0 Å². The third kappa shape index (κ3) is 5.07. The number of H-pyrrole nitrogens is 1. The Morgan fingerprint density at radius 3 is 2.68 bits per heavy atom. The van der Waals surface area contributed by atoms with Gasteiger partial charge < -0.3 is 20.5 Å². The van der Waals surface area contributed by atoms with Gasteiger partial charge in [0.15, 0.2) is 11.5 Å². The van der Waals surface area contributed by atoms with Crippen LogP contribution in [-0.2, 0) is 6.42 Å². The Kier molecular flexibility index (Phi) is 7.32. The molecule has 0 spiro atoms. The number of hydrogen-bond donors (Lipinski definition) is 3. The smallest absolute Gasteiger partial charge is 0.206 e. The molecule has 4 rings (SSSR count). The third-order valence-corrected chi connectivity index (χ3v) is 5.82. The Labute approximate surface area is 190 Å². The second-order valence-corrected chi connectivity index (χ2v) is 7.99. The Hall–Kier alpha value is -2.88. The Bertz CT molecular complexity index is 1160. The molecule has 0 amide bonds. The normalized spacial score (nSPS) is 11.7. The summed E-state index contributed by atoms with van der Waals surface area (Å²) in [6, 6.07) is 11.9. The van der Waals surface area contributed by atoms with E-state index in [-0.39, 0.29) is 18.4 Å². The van der Waals surface area contributed by atoms with Gasteiger partial charge in [-0.15, -0.1) is 22.6 Å². The quantitative estimate of drug-likeness (QED) is 0.366. The first-order valence-electron chi connectivity index (χ1n) is 9.56. The average molecular weight is 461 g/mol. The predicted molar refractivity (Wildman–Crippen MR) is 127 cm³/mol. The van der Waals surface area contributed by atoms with E-state index in [1.807, 2.05) is 37.3 Å². The molecule has 2 heterocycles. The van der Waals surface area contributed by atoms with Crippen LogP contribution in [-0.4, -0.2) is 47.2 Å². The number of hydrogen-bond acceptors (Lipinski definition) is 8. The van der Waals surface area contributed by atoms with Crippen molar-refractivity contribution in [3.8, 4) is 22.1 Å². The molecule has 0 radical (unpaired) electrons. The first-order chi connectivity index (χ1) is 14.6. The second-order valence-electron chi connectivity index (χ2n) is 7.02. The molecule has 0 saturated carbocycles. The van der Waals surface area contributed by atoms with E-state index >= 15 is 0 Å². The van der Waals surface area contributed by atoms with Crippen molar-refractivity contribution < 1.29 is 9.47 Å². The summed E-state index contributed by atoms with van der Waals surface area (Å²) in [6.45, 7) is 2.57. The van der Waals surface area contributed by atoms with Gasteiger partial charge in [0, 0.05) is 23.5 Å². The lowest BCUT2D eigenvalue weighted by atomic mass is 10.1. The van der Waals surface area contributed by atoms with Gasteiger partial charge in [0.05, 0.1) is 25.4 Å². The van der Waals surface area contributed by atoms with Gasteiger partial charge in [-0.25, -0.2) is 0 Å². The fraction of sp³-hybridized carbons (Fsp3) is 0.286. The van der Waals surface area contributed by atoms with Crippen LogP contribution in [0.4, 0.5) is 5.13 Å². The molecule has 1 atom stereocenters. The fourth-order valence-electron chi connectivity index (χ4n) is 3.29. The van der Waals surface area contributed by atoms with E-state index in [9.17, 15) is 0 Å². The lowest BCUT2D eigenvalue weighted by Crippen LogP contribution is -2.31. The summed E-state index contributed by atoms with van der Waals surface area (Å²) in [4.78, 5) is 0. The topological polar surface area (TPSA) is 111 Å². The first-order valence-corrected chi connectivity index (χ1v) is 10.4. The Morgan fingerprint density at radius 2 is 1.90 bits per heavy atom. The Balaban J connectivity index is 0.00000272. The summed E-state index contributed by atoms with van der Waals surface area (Å²) in [6.07, 6.45) is 0.704. The highest BCUT2D eigenvalue weighted by Gasteiger charge is 2.12. The highest BCUT2D eigenvalue weighted by atomic mass is 35.5. The molecule has 4 N–H and O–H groups in total. The van der Waals surface area contributed by atoms with E-state index in [0.29, 0.717) is 24.5 Å². The molecule has 0 aliphatic carbocycles. The fourth-order valence-corrected chi connectivity index (χ4v) is 4.04. The highest BCUT2D eigenvalue weighted by molar-refractivity contribution is 7.18. The number of aryl methyl sites for hydroxylation is 1. The first kappa shape index (κ1) is 22.8. The van der Waals surface area contributed by atoms with E-state index in [1.165, 1.54) is 11.3 Å². The Morgan fingerprint density at radius 1 is 1.10 bits per heavy atom. The minimum atomic E-state index is -0.0830. The number of nitrogens with zero attached hydrogens (tertiary/aromatic N) is 3. The van der Waals surface area contributed by atoms with Crippen LogP contribution in [0.15, 0.2) is 36.4 Å². The minimum absolute atomic E-state index is 0. The van der Waals surface area contributed by atoms with Crippen molar-refractivity contribution in [1.82, 2.24) is 20.4 Å². The molecular weight excluding hydrogens is 436 g/mol. The zero-order valence-corrected chi connectivity index (χ0v) is 19.1. The van der Waals surface area contributed by atoms with Crippen LogP contribution < -0.4 is 20.5 Å². The van der Waals surface area contributed by atoms with Crippen molar-refractivity contribution >= 4 is 39.8 Å². The van der Waals surface area contributed by atoms with Crippen LogP contribution in [0, 0.1) is 6.92 Å². The zero-order chi connectivity index (χ0) is 21.1. The lowest BCUT2D eigenvalue weighted by Gasteiger charge is -2.14.